The molecule has 0 saturated carbocycles. The summed E-state index contributed by atoms with van der Waals surface area (Å²) in [5.41, 5.74) is 1.52. The lowest BCUT2D eigenvalue weighted by atomic mass is 9.88. The Morgan fingerprint density at radius 2 is 2.04 bits per heavy atom. The number of hydrogen-bond donors (Lipinski definition) is 2. The molecular formula is C19H22N2O4S3. The van der Waals surface area contributed by atoms with Crippen LogP contribution in [-0.2, 0) is 22.7 Å². The molecule has 150 valence electrons. The fourth-order valence-electron chi connectivity index (χ4n) is 3.82. The lowest BCUT2D eigenvalue weighted by molar-refractivity contribution is 0.0941. The van der Waals surface area contributed by atoms with Gasteiger partial charge in [0.1, 0.15) is 5.00 Å². The SMILES string of the molecule is C[C@@H]1CCc2c(sc(NC(=O)c3cccs3)c2C(=O)N[C@H]2CCS(=O)(=O)C2)C1. The summed E-state index contributed by atoms with van der Waals surface area (Å²) in [6.07, 6.45) is 3.13. The number of carbonyl (C=O) groups excluding carboxylic acids is 2. The van der Waals surface area contributed by atoms with Crippen molar-refractivity contribution < 1.29 is 18.0 Å². The molecule has 2 aromatic rings. The quantitative estimate of drug-likeness (QED) is 0.767. The minimum atomic E-state index is -3.07. The Morgan fingerprint density at radius 3 is 2.71 bits per heavy atom. The molecular weight excluding hydrogens is 416 g/mol. The highest BCUT2D eigenvalue weighted by atomic mass is 32.2. The van der Waals surface area contributed by atoms with Crippen molar-refractivity contribution in [1.29, 1.82) is 0 Å². The molecule has 3 heterocycles. The smallest absolute Gasteiger partial charge is 0.266 e. The highest BCUT2D eigenvalue weighted by molar-refractivity contribution is 7.91. The van der Waals surface area contributed by atoms with E-state index in [9.17, 15) is 18.0 Å². The van der Waals surface area contributed by atoms with E-state index in [1.54, 1.807) is 6.07 Å². The molecule has 0 radical (unpaired) electrons. The summed E-state index contributed by atoms with van der Waals surface area (Å²) in [5, 5.41) is 8.21. The number of anilines is 1. The maximum atomic E-state index is 13.1. The van der Waals surface area contributed by atoms with Gasteiger partial charge in [0, 0.05) is 10.9 Å². The molecule has 0 aromatic carbocycles. The highest BCUT2D eigenvalue weighted by Gasteiger charge is 2.33. The molecule has 0 spiro atoms. The Balaban J connectivity index is 1.62. The van der Waals surface area contributed by atoms with Gasteiger partial charge >= 0.3 is 0 Å². The van der Waals surface area contributed by atoms with Gasteiger partial charge in [0.25, 0.3) is 11.8 Å². The van der Waals surface area contributed by atoms with E-state index in [-0.39, 0.29) is 29.4 Å². The van der Waals surface area contributed by atoms with Gasteiger partial charge in [-0.15, -0.1) is 22.7 Å². The standard InChI is InChI=1S/C19H22N2O4S3/c1-11-4-5-13-15(9-11)27-19(21-17(22)14-3-2-7-26-14)16(13)18(23)20-12-6-8-28(24,25)10-12/h2-3,7,11-12H,4-6,8-10H2,1H3,(H,20,23)(H,21,22)/t11-,12+/m1/s1. The predicted molar refractivity (Wildman–Crippen MR) is 112 cm³/mol. The molecule has 2 aliphatic rings. The van der Waals surface area contributed by atoms with Gasteiger partial charge in [0.2, 0.25) is 0 Å². The number of thiophene rings is 2. The van der Waals surface area contributed by atoms with E-state index in [2.05, 4.69) is 17.6 Å². The third-order valence-corrected chi connectivity index (χ3v) is 9.08. The topological polar surface area (TPSA) is 92.3 Å². The minimum Gasteiger partial charge on any atom is -0.348 e. The summed E-state index contributed by atoms with van der Waals surface area (Å²) < 4.78 is 23.4. The molecule has 28 heavy (non-hydrogen) atoms. The van der Waals surface area contributed by atoms with Crippen molar-refractivity contribution in [1.82, 2.24) is 5.32 Å². The van der Waals surface area contributed by atoms with E-state index in [1.807, 2.05) is 11.4 Å². The second-order valence-electron chi connectivity index (χ2n) is 7.56. The Labute approximate surface area is 172 Å². The van der Waals surface area contributed by atoms with Crippen LogP contribution in [-0.4, -0.2) is 37.8 Å². The molecule has 1 saturated heterocycles. The average Bonchev–Trinajstić information content (AvgIpc) is 3.33. The van der Waals surface area contributed by atoms with Gasteiger partial charge in [-0.1, -0.05) is 13.0 Å². The first-order valence-electron chi connectivity index (χ1n) is 9.33. The molecule has 4 rings (SSSR count). The van der Waals surface area contributed by atoms with Gasteiger partial charge < -0.3 is 10.6 Å². The zero-order valence-electron chi connectivity index (χ0n) is 15.5. The Kier molecular flexibility index (Phi) is 5.32. The minimum absolute atomic E-state index is 0.0149. The fraction of sp³-hybridized carbons (Fsp3) is 0.474. The number of hydrogen-bond acceptors (Lipinski definition) is 6. The van der Waals surface area contributed by atoms with Crippen molar-refractivity contribution in [2.75, 3.05) is 16.8 Å². The predicted octanol–water partition coefficient (Wildman–Crippen LogP) is 3.10. The van der Waals surface area contributed by atoms with E-state index in [0.717, 1.165) is 29.7 Å². The molecule has 9 heteroatoms. The molecule has 0 unspecified atom stereocenters. The number of sulfone groups is 1. The van der Waals surface area contributed by atoms with Crippen LogP contribution in [0.4, 0.5) is 5.00 Å². The van der Waals surface area contributed by atoms with Crippen LogP contribution in [0.5, 0.6) is 0 Å². The van der Waals surface area contributed by atoms with Crippen LogP contribution >= 0.6 is 22.7 Å². The summed E-state index contributed by atoms with van der Waals surface area (Å²) in [7, 11) is -3.07. The van der Waals surface area contributed by atoms with E-state index >= 15 is 0 Å². The Bertz CT molecular complexity index is 1010. The summed E-state index contributed by atoms with van der Waals surface area (Å²) in [6.45, 7) is 2.19. The first-order chi connectivity index (χ1) is 13.3. The van der Waals surface area contributed by atoms with Crippen molar-refractivity contribution in [2.45, 2.75) is 38.6 Å². The van der Waals surface area contributed by atoms with Crippen LogP contribution in [0.2, 0.25) is 0 Å². The monoisotopic (exact) mass is 438 g/mol. The van der Waals surface area contributed by atoms with Gasteiger partial charge in [-0.3, -0.25) is 9.59 Å². The van der Waals surface area contributed by atoms with E-state index < -0.39 is 9.84 Å². The van der Waals surface area contributed by atoms with Crippen LogP contribution < -0.4 is 10.6 Å². The number of fused-ring (bicyclic) bond motifs is 1. The van der Waals surface area contributed by atoms with Gasteiger partial charge in [0.15, 0.2) is 9.84 Å². The van der Waals surface area contributed by atoms with Crippen molar-refractivity contribution in [3.8, 4) is 0 Å². The average molecular weight is 439 g/mol. The van der Waals surface area contributed by atoms with Crippen molar-refractivity contribution in [3.63, 3.8) is 0 Å². The van der Waals surface area contributed by atoms with Gasteiger partial charge in [-0.25, -0.2) is 8.42 Å². The number of rotatable bonds is 4. The molecule has 1 fully saturated rings. The normalized spacial score (nSPS) is 23.2. The summed E-state index contributed by atoms with van der Waals surface area (Å²) >= 11 is 2.82. The third-order valence-electron chi connectivity index (χ3n) is 5.28. The summed E-state index contributed by atoms with van der Waals surface area (Å²) in [5.74, 6) is 0.135. The first-order valence-corrected chi connectivity index (χ1v) is 12.8. The maximum Gasteiger partial charge on any atom is 0.266 e. The van der Waals surface area contributed by atoms with E-state index in [4.69, 9.17) is 0 Å². The molecule has 1 aliphatic carbocycles. The zero-order valence-corrected chi connectivity index (χ0v) is 17.9. The second kappa shape index (κ2) is 7.61. The molecule has 6 nitrogen and oxygen atoms in total. The molecule has 2 N–H and O–H groups in total. The number of carbonyl (C=O) groups is 2. The Morgan fingerprint density at radius 1 is 1.21 bits per heavy atom. The highest BCUT2D eigenvalue weighted by Crippen LogP contribution is 2.40. The summed E-state index contributed by atoms with van der Waals surface area (Å²) in [6, 6.07) is 3.20. The zero-order chi connectivity index (χ0) is 19.9. The lowest BCUT2D eigenvalue weighted by Crippen LogP contribution is -2.36. The largest absolute Gasteiger partial charge is 0.348 e. The van der Waals surface area contributed by atoms with Gasteiger partial charge in [-0.2, -0.15) is 0 Å². The van der Waals surface area contributed by atoms with Crippen LogP contribution in [0.3, 0.4) is 0 Å². The van der Waals surface area contributed by atoms with Crippen molar-refractivity contribution in [3.05, 3.63) is 38.4 Å². The molecule has 2 aromatic heterocycles. The van der Waals surface area contributed by atoms with Crippen LogP contribution in [0.1, 0.15) is 50.2 Å². The summed E-state index contributed by atoms with van der Waals surface area (Å²) in [4.78, 5) is 27.4. The first kappa shape index (κ1) is 19.6. The lowest BCUT2D eigenvalue weighted by Gasteiger charge is -2.19. The number of amides is 2. The second-order valence-corrected chi connectivity index (χ2v) is 11.8. The van der Waals surface area contributed by atoms with Crippen molar-refractivity contribution >= 4 is 49.3 Å². The van der Waals surface area contributed by atoms with Crippen LogP contribution in [0, 0.1) is 5.92 Å². The van der Waals surface area contributed by atoms with Gasteiger partial charge in [-0.05, 0) is 48.6 Å². The number of nitrogens with one attached hydrogen (secondary N) is 2. The Hall–Kier alpha value is -1.71. The molecule has 2 amide bonds. The maximum absolute atomic E-state index is 13.1. The van der Waals surface area contributed by atoms with Crippen molar-refractivity contribution in [2.24, 2.45) is 5.92 Å². The molecule has 1 aliphatic heterocycles. The fourth-order valence-corrected chi connectivity index (χ4v) is 7.51. The molecule has 0 bridgehead atoms. The molecule has 2 atom stereocenters. The van der Waals surface area contributed by atoms with E-state index in [1.165, 1.54) is 22.7 Å². The van der Waals surface area contributed by atoms with Crippen LogP contribution in [0.15, 0.2) is 17.5 Å². The van der Waals surface area contributed by atoms with E-state index in [0.29, 0.717) is 27.8 Å². The third kappa shape index (κ3) is 4.01. The van der Waals surface area contributed by atoms with Crippen LogP contribution in [0.25, 0.3) is 0 Å². The van der Waals surface area contributed by atoms with Gasteiger partial charge in [0.05, 0.1) is 21.9 Å².